The van der Waals surface area contributed by atoms with E-state index in [2.05, 4.69) is 4.72 Å². The molecule has 0 aliphatic rings. The minimum absolute atomic E-state index is 0.0427. The van der Waals surface area contributed by atoms with Crippen LogP contribution in [0.1, 0.15) is 16.7 Å². The van der Waals surface area contributed by atoms with Crippen LogP contribution in [0.5, 0.6) is 5.75 Å². The molecule has 0 saturated heterocycles. The van der Waals surface area contributed by atoms with Crippen LogP contribution in [0.4, 0.5) is 0 Å². The number of fused-ring (bicyclic) bond motifs is 1. The number of rotatable bonds is 8. The molecule has 1 aromatic heterocycles. The minimum Gasteiger partial charge on any atom is -0.425 e. The van der Waals surface area contributed by atoms with Gasteiger partial charge < -0.3 is 9.15 Å². The molecule has 202 valence electrons. The highest BCUT2D eigenvalue weighted by Crippen LogP contribution is 2.33. The van der Waals surface area contributed by atoms with Gasteiger partial charge in [-0.05, 0) is 61.2 Å². The van der Waals surface area contributed by atoms with Crippen molar-refractivity contribution in [3.05, 3.63) is 130 Å². The van der Waals surface area contributed by atoms with Crippen molar-refractivity contribution in [1.82, 2.24) is 4.72 Å². The molecule has 7 nitrogen and oxygen atoms in total. The van der Waals surface area contributed by atoms with Gasteiger partial charge in [0.25, 0.3) is 0 Å². The lowest BCUT2D eigenvalue weighted by Gasteiger charge is -2.19. The zero-order valence-corrected chi connectivity index (χ0v) is 22.8. The van der Waals surface area contributed by atoms with Crippen LogP contribution < -0.4 is 15.1 Å². The van der Waals surface area contributed by atoms with E-state index in [0.29, 0.717) is 16.5 Å². The first-order valence-electron chi connectivity index (χ1n) is 12.7. The molecule has 5 rings (SSSR count). The first kappa shape index (κ1) is 27.1. The molecule has 0 saturated carbocycles. The summed E-state index contributed by atoms with van der Waals surface area (Å²) in [4.78, 5) is 26.0. The standard InChI is InChI=1S/C32H27NO6S/c1-21-13-15-25(16-14-21)40(36,37)33-28(19-23-9-5-3-6-10-23)32(35)38-29-18-17-26-27(24-11-7-4-8-12-24)20-30(34)39-31(26)22(29)2/h3-18,20,28,33H,19H2,1-2H3/t28-/m1/s1. The van der Waals surface area contributed by atoms with Gasteiger partial charge in [0.2, 0.25) is 10.0 Å². The van der Waals surface area contributed by atoms with E-state index in [1.54, 1.807) is 31.2 Å². The molecule has 4 aromatic carbocycles. The number of hydrogen-bond acceptors (Lipinski definition) is 6. The molecule has 1 N–H and O–H groups in total. The Hall–Kier alpha value is -4.53. The van der Waals surface area contributed by atoms with Crippen molar-refractivity contribution < 1.29 is 22.4 Å². The molecule has 8 heteroatoms. The third-order valence-electron chi connectivity index (χ3n) is 6.60. The van der Waals surface area contributed by atoms with Gasteiger partial charge in [-0.3, -0.25) is 0 Å². The van der Waals surface area contributed by atoms with E-state index in [0.717, 1.165) is 16.7 Å². The quantitative estimate of drug-likeness (QED) is 0.153. The lowest BCUT2D eigenvalue weighted by Crippen LogP contribution is -2.44. The maximum atomic E-state index is 13.5. The van der Waals surface area contributed by atoms with E-state index in [-0.39, 0.29) is 22.6 Å². The second-order valence-electron chi connectivity index (χ2n) is 9.51. The second-order valence-corrected chi connectivity index (χ2v) is 11.2. The highest BCUT2D eigenvalue weighted by atomic mass is 32.2. The number of sulfonamides is 1. The molecule has 0 aliphatic heterocycles. The van der Waals surface area contributed by atoms with Crippen LogP contribution >= 0.6 is 0 Å². The van der Waals surface area contributed by atoms with Crippen molar-refractivity contribution in [3.63, 3.8) is 0 Å². The predicted molar refractivity (Wildman–Crippen MR) is 154 cm³/mol. The maximum absolute atomic E-state index is 13.5. The van der Waals surface area contributed by atoms with Crippen LogP contribution in [0.25, 0.3) is 22.1 Å². The molecule has 0 spiro atoms. The average Bonchev–Trinajstić information content (AvgIpc) is 2.95. The lowest BCUT2D eigenvalue weighted by atomic mass is 10.00. The molecule has 0 unspecified atom stereocenters. The zero-order valence-electron chi connectivity index (χ0n) is 22.0. The van der Waals surface area contributed by atoms with Gasteiger partial charge in [0.05, 0.1) is 4.90 Å². The molecule has 1 atom stereocenters. The number of aryl methyl sites for hydroxylation is 2. The second kappa shape index (κ2) is 11.3. The summed E-state index contributed by atoms with van der Waals surface area (Å²) < 4.78 is 40.2. The summed E-state index contributed by atoms with van der Waals surface area (Å²) in [6.45, 7) is 3.54. The largest absolute Gasteiger partial charge is 0.425 e. The normalized spacial score (nSPS) is 12.2. The summed E-state index contributed by atoms with van der Waals surface area (Å²) in [6, 6.07) is 28.4. The van der Waals surface area contributed by atoms with E-state index < -0.39 is 27.7 Å². The summed E-state index contributed by atoms with van der Waals surface area (Å²) in [7, 11) is -4.03. The SMILES string of the molecule is Cc1ccc(S(=O)(=O)N[C@H](Cc2ccccc2)C(=O)Oc2ccc3c(-c4ccccc4)cc(=O)oc3c2C)cc1. The topological polar surface area (TPSA) is 103 Å². The Morgan fingerprint density at radius 1 is 0.875 bits per heavy atom. The van der Waals surface area contributed by atoms with E-state index in [4.69, 9.17) is 9.15 Å². The van der Waals surface area contributed by atoms with E-state index in [9.17, 15) is 18.0 Å². The summed E-state index contributed by atoms with van der Waals surface area (Å²) in [6.07, 6.45) is 0.0740. The smallest absolute Gasteiger partial charge is 0.336 e. The van der Waals surface area contributed by atoms with Crippen LogP contribution in [0.15, 0.2) is 117 Å². The van der Waals surface area contributed by atoms with Gasteiger partial charge in [-0.2, -0.15) is 4.72 Å². The van der Waals surface area contributed by atoms with Gasteiger partial charge >= 0.3 is 11.6 Å². The molecular weight excluding hydrogens is 526 g/mol. The van der Waals surface area contributed by atoms with E-state index in [1.807, 2.05) is 67.6 Å². The molecule has 0 fully saturated rings. The number of nitrogens with one attached hydrogen (secondary N) is 1. The average molecular weight is 554 g/mol. The highest BCUT2D eigenvalue weighted by molar-refractivity contribution is 7.89. The van der Waals surface area contributed by atoms with Crippen LogP contribution in [0, 0.1) is 13.8 Å². The third kappa shape index (κ3) is 5.88. The summed E-state index contributed by atoms with van der Waals surface area (Å²) in [5.41, 5.74) is 3.40. The van der Waals surface area contributed by atoms with Gasteiger partial charge in [0.1, 0.15) is 17.4 Å². The number of ether oxygens (including phenoxy) is 1. The van der Waals surface area contributed by atoms with Gasteiger partial charge in [-0.15, -0.1) is 0 Å². The number of hydrogen-bond donors (Lipinski definition) is 1. The number of carbonyl (C=O) groups is 1. The molecule has 0 aliphatic carbocycles. The summed E-state index contributed by atoms with van der Waals surface area (Å²) in [5.74, 6) is -0.623. The molecule has 1 heterocycles. The van der Waals surface area contributed by atoms with Crippen molar-refractivity contribution in [2.45, 2.75) is 31.2 Å². The number of benzene rings is 4. The van der Waals surface area contributed by atoms with Crippen molar-refractivity contribution >= 4 is 27.0 Å². The van der Waals surface area contributed by atoms with E-state index in [1.165, 1.54) is 18.2 Å². The van der Waals surface area contributed by atoms with Crippen molar-refractivity contribution in [3.8, 4) is 16.9 Å². The molecule has 40 heavy (non-hydrogen) atoms. The number of carbonyl (C=O) groups excluding carboxylic acids is 1. The van der Waals surface area contributed by atoms with Gasteiger partial charge in [0, 0.05) is 17.0 Å². The van der Waals surface area contributed by atoms with Crippen molar-refractivity contribution in [2.24, 2.45) is 0 Å². The minimum atomic E-state index is -4.03. The molecular formula is C32H27NO6S. The summed E-state index contributed by atoms with van der Waals surface area (Å²) in [5, 5.41) is 0.684. The summed E-state index contributed by atoms with van der Waals surface area (Å²) >= 11 is 0. The van der Waals surface area contributed by atoms with Crippen LogP contribution in [-0.2, 0) is 21.2 Å². The van der Waals surface area contributed by atoms with Crippen molar-refractivity contribution in [1.29, 1.82) is 0 Å². The van der Waals surface area contributed by atoms with Crippen LogP contribution in [-0.4, -0.2) is 20.4 Å². The first-order chi connectivity index (χ1) is 19.2. The van der Waals surface area contributed by atoms with Gasteiger partial charge in [0.15, 0.2) is 0 Å². The maximum Gasteiger partial charge on any atom is 0.336 e. The molecule has 5 aromatic rings. The van der Waals surface area contributed by atoms with Crippen LogP contribution in [0.2, 0.25) is 0 Å². The monoisotopic (exact) mass is 553 g/mol. The Morgan fingerprint density at radius 2 is 1.52 bits per heavy atom. The van der Waals surface area contributed by atoms with Gasteiger partial charge in [-0.25, -0.2) is 18.0 Å². The Morgan fingerprint density at radius 3 is 2.20 bits per heavy atom. The van der Waals surface area contributed by atoms with Crippen molar-refractivity contribution in [2.75, 3.05) is 0 Å². The number of esters is 1. The lowest BCUT2D eigenvalue weighted by molar-refractivity contribution is -0.136. The molecule has 0 amide bonds. The Labute approximate surface area is 232 Å². The first-order valence-corrected chi connectivity index (χ1v) is 14.2. The Kier molecular flexibility index (Phi) is 7.64. The molecule has 0 radical (unpaired) electrons. The highest BCUT2D eigenvalue weighted by Gasteiger charge is 2.28. The fourth-order valence-electron chi connectivity index (χ4n) is 4.49. The van der Waals surface area contributed by atoms with Crippen LogP contribution in [0.3, 0.4) is 0 Å². The zero-order chi connectivity index (χ0) is 28.3. The Bertz CT molecular complexity index is 1830. The fraction of sp³-hybridized carbons (Fsp3) is 0.125. The molecule has 0 bridgehead atoms. The Balaban J connectivity index is 1.49. The third-order valence-corrected chi connectivity index (χ3v) is 8.09. The fourth-order valence-corrected chi connectivity index (χ4v) is 5.67. The predicted octanol–water partition coefficient (Wildman–Crippen LogP) is 5.57. The van der Waals surface area contributed by atoms with Gasteiger partial charge in [-0.1, -0.05) is 78.4 Å². The van der Waals surface area contributed by atoms with E-state index >= 15 is 0 Å².